The fourth-order valence-corrected chi connectivity index (χ4v) is 3.20. The lowest BCUT2D eigenvalue weighted by molar-refractivity contribution is -0.116. The highest BCUT2D eigenvalue weighted by Gasteiger charge is 2.30. The highest BCUT2D eigenvalue weighted by molar-refractivity contribution is 6.30. The minimum Gasteiger partial charge on any atom is -0.310 e. The van der Waals surface area contributed by atoms with E-state index >= 15 is 0 Å². The minimum absolute atomic E-state index is 0.0967. The first-order valence-corrected chi connectivity index (χ1v) is 7.89. The Morgan fingerprint density at radius 2 is 2.00 bits per heavy atom. The van der Waals surface area contributed by atoms with Crippen LogP contribution in [0, 0.1) is 5.82 Å². The number of halogens is 2. The number of carbonyl (C=O) groups is 1. The van der Waals surface area contributed by atoms with Gasteiger partial charge in [0.1, 0.15) is 11.6 Å². The number of nitrogens with one attached hydrogen (secondary N) is 1. The van der Waals surface area contributed by atoms with Crippen LogP contribution in [0.5, 0.6) is 0 Å². The van der Waals surface area contributed by atoms with Gasteiger partial charge in [-0.3, -0.25) is 4.79 Å². The van der Waals surface area contributed by atoms with Gasteiger partial charge >= 0.3 is 0 Å². The summed E-state index contributed by atoms with van der Waals surface area (Å²) in [6.07, 6.45) is 2.05. The molecule has 6 heteroatoms. The van der Waals surface area contributed by atoms with Crippen LogP contribution in [0.3, 0.4) is 0 Å². The zero-order valence-electron chi connectivity index (χ0n) is 12.5. The van der Waals surface area contributed by atoms with E-state index in [-0.39, 0.29) is 17.6 Å². The van der Waals surface area contributed by atoms with Gasteiger partial charge in [-0.15, -0.1) is 0 Å². The van der Waals surface area contributed by atoms with E-state index in [0.29, 0.717) is 17.3 Å². The fourth-order valence-electron chi connectivity index (χ4n) is 3.02. The molecule has 4 rings (SSSR count). The van der Waals surface area contributed by atoms with E-state index in [4.69, 9.17) is 11.6 Å². The predicted octanol–water partition coefficient (Wildman–Crippen LogP) is 4.14. The lowest BCUT2D eigenvalue weighted by atomic mass is 9.87. The molecule has 2 aromatic carbocycles. The molecule has 1 aromatic heterocycles. The summed E-state index contributed by atoms with van der Waals surface area (Å²) in [5.74, 6) is 0.0829. The monoisotopic (exact) mass is 341 g/mol. The van der Waals surface area contributed by atoms with Crippen molar-refractivity contribution < 1.29 is 9.18 Å². The summed E-state index contributed by atoms with van der Waals surface area (Å²) >= 11 is 6.05. The lowest BCUT2D eigenvalue weighted by Crippen LogP contribution is -2.24. The Bertz CT molecular complexity index is 920. The van der Waals surface area contributed by atoms with Gasteiger partial charge in [0.25, 0.3) is 0 Å². The van der Waals surface area contributed by atoms with Crippen molar-refractivity contribution in [2.75, 3.05) is 5.32 Å². The number of aromatic nitrogens is 2. The second kappa shape index (κ2) is 5.76. The third kappa shape index (κ3) is 2.57. The van der Waals surface area contributed by atoms with Crippen molar-refractivity contribution in [1.82, 2.24) is 9.78 Å². The maximum atomic E-state index is 13.2. The molecular weight excluding hydrogens is 329 g/mol. The Balaban J connectivity index is 1.81. The van der Waals surface area contributed by atoms with E-state index in [0.717, 1.165) is 16.8 Å². The van der Waals surface area contributed by atoms with Gasteiger partial charge in [-0.05, 0) is 35.9 Å². The molecule has 0 unspecified atom stereocenters. The molecular formula is C18H13ClFN3O. The van der Waals surface area contributed by atoms with Gasteiger partial charge < -0.3 is 5.32 Å². The minimum atomic E-state index is -0.297. The predicted molar refractivity (Wildman–Crippen MR) is 90.1 cm³/mol. The SMILES string of the molecule is O=C1C[C@@H](c2ccc(F)cc2)c2cnn(-c3cccc(Cl)c3)c2N1. The van der Waals surface area contributed by atoms with Crippen molar-refractivity contribution >= 4 is 23.3 Å². The van der Waals surface area contributed by atoms with Crippen molar-refractivity contribution in [1.29, 1.82) is 0 Å². The van der Waals surface area contributed by atoms with Gasteiger partial charge in [-0.25, -0.2) is 9.07 Å². The lowest BCUT2D eigenvalue weighted by Gasteiger charge is -2.23. The zero-order chi connectivity index (χ0) is 16.7. The summed E-state index contributed by atoms with van der Waals surface area (Å²) in [5, 5.41) is 7.88. The molecule has 0 spiro atoms. The van der Waals surface area contributed by atoms with Gasteiger partial charge in [0, 0.05) is 22.9 Å². The average Bonchev–Trinajstić information content (AvgIpc) is 2.98. The molecule has 0 bridgehead atoms. The third-order valence-corrected chi connectivity index (χ3v) is 4.38. The van der Waals surface area contributed by atoms with Crippen LogP contribution >= 0.6 is 11.6 Å². The smallest absolute Gasteiger partial charge is 0.226 e. The summed E-state index contributed by atoms with van der Waals surface area (Å²) in [4.78, 5) is 12.2. The molecule has 4 nitrogen and oxygen atoms in total. The number of nitrogens with zero attached hydrogens (tertiary/aromatic N) is 2. The number of rotatable bonds is 2. The van der Waals surface area contributed by atoms with Crippen LogP contribution in [-0.2, 0) is 4.79 Å². The first kappa shape index (κ1) is 14.9. The molecule has 1 atom stereocenters. The van der Waals surface area contributed by atoms with E-state index < -0.39 is 0 Å². The second-order valence-corrected chi connectivity index (χ2v) is 6.13. The summed E-state index contributed by atoms with van der Waals surface area (Å²) < 4.78 is 14.8. The van der Waals surface area contributed by atoms with E-state index in [9.17, 15) is 9.18 Å². The van der Waals surface area contributed by atoms with Crippen LogP contribution in [0.25, 0.3) is 5.69 Å². The van der Waals surface area contributed by atoms with Crippen molar-refractivity contribution in [3.05, 3.63) is 76.7 Å². The van der Waals surface area contributed by atoms with Crippen molar-refractivity contribution in [2.24, 2.45) is 0 Å². The number of benzene rings is 2. The Morgan fingerprint density at radius 3 is 2.75 bits per heavy atom. The number of hydrogen-bond donors (Lipinski definition) is 1. The molecule has 1 aliphatic heterocycles. The van der Waals surface area contributed by atoms with Gasteiger partial charge in [-0.2, -0.15) is 5.10 Å². The fraction of sp³-hybridized carbons (Fsp3) is 0.111. The van der Waals surface area contributed by atoms with Crippen LogP contribution in [-0.4, -0.2) is 15.7 Å². The largest absolute Gasteiger partial charge is 0.310 e. The molecule has 120 valence electrons. The van der Waals surface area contributed by atoms with Crippen molar-refractivity contribution in [3.63, 3.8) is 0 Å². The zero-order valence-corrected chi connectivity index (χ0v) is 13.3. The maximum absolute atomic E-state index is 13.2. The molecule has 0 fully saturated rings. The second-order valence-electron chi connectivity index (χ2n) is 5.70. The van der Waals surface area contributed by atoms with Crippen LogP contribution in [0.15, 0.2) is 54.7 Å². The Hall–Kier alpha value is -2.66. The van der Waals surface area contributed by atoms with E-state index in [1.165, 1.54) is 12.1 Å². The Morgan fingerprint density at radius 1 is 1.21 bits per heavy atom. The molecule has 2 heterocycles. The standard InChI is InChI=1S/C18H13ClFN3O/c19-12-2-1-3-14(8-12)23-18-16(10-21-23)15(9-17(24)22-18)11-4-6-13(20)7-5-11/h1-8,10,15H,9H2,(H,22,24)/t15-/m0/s1. The van der Waals surface area contributed by atoms with Crippen molar-refractivity contribution in [3.8, 4) is 5.69 Å². The van der Waals surface area contributed by atoms with Gasteiger partial charge in [-0.1, -0.05) is 29.8 Å². The van der Waals surface area contributed by atoms with Crippen LogP contribution in [0.1, 0.15) is 23.5 Å². The molecule has 3 aromatic rings. The number of anilines is 1. The topological polar surface area (TPSA) is 46.9 Å². The highest BCUT2D eigenvalue weighted by Crippen LogP contribution is 2.38. The normalized spacial score (nSPS) is 16.6. The van der Waals surface area contributed by atoms with Gasteiger partial charge in [0.2, 0.25) is 5.91 Å². The summed E-state index contributed by atoms with van der Waals surface area (Å²) in [6, 6.07) is 13.5. The first-order valence-electron chi connectivity index (χ1n) is 7.51. The Labute approximate surface area is 142 Å². The van der Waals surface area contributed by atoms with Crippen LogP contribution in [0.2, 0.25) is 5.02 Å². The molecule has 0 radical (unpaired) electrons. The van der Waals surface area contributed by atoms with Gasteiger partial charge in [0.05, 0.1) is 11.9 Å². The molecule has 0 saturated carbocycles. The third-order valence-electron chi connectivity index (χ3n) is 4.15. The number of fused-ring (bicyclic) bond motifs is 1. The molecule has 0 aliphatic carbocycles. The van der Waals surface area contributed by atoms with Crippen LogP contribution < -0.4 is 5.32 Å². The van der Waals surface area contributed by atoms with Crippen molar-refractivity contribution in [2.45, 2.75) is 12.3 Å². The highest BCUT2D eigenvalue weighted by atomic mass is 35.5. The maximum Gasteiger partial charge on any atom is 0.226 e. The first-order chi connectivity index (χ1) is 11.6. The summed E-state index contributed by atoms with van der Waals surface area (Å²) in [5.41, 5.74) is 2.56. The molecule has 1 amide bonds. The number of carbonyl (C=O) groups excluding carboxylic acids is 1. The average molecular weight is 342 g/mol. The Kier molecular flexibility index (Phi) is 3.58. The van der Waals surface area contributed by atoms with E-state index in [1.807, 2.05) is 12.1 Å². The molecule has 1 N–H and O–H groups in total. The summed E-state index contributed by atoms with van der Waals surface area (Å²) in [7, 11) is 0. The molecule has 24 heavy (non-hydrogen) atoms. The van der Waals surface area contributed by atoms with Crippen LogP contribution in [0.4, 0.5) is 10.2 Å². The quantitative estimate of drug-likeness (QED) is 0.761. The van der Waals surface area contributed by atoms with E-state index in [2.05, 4.69) is 10.4 Å². The number of hydrogen-bond acceptors (Lipinski definition) is 2. The molecule has 1 aliphatic rings. The number of amides is 1. The molecule has 0 saturated heterocycles. The summed E-state index contributed by atoms with van der Waals surface area (Å²) in [6.45, 7) is 0. The van der Waals surface area contributed by atoms with Gasteiger partial charge in [0.15, 0.2) is 0 Å². The van der Waals surface area contributed by atoms with E-state index in [1.54, 1.807) is 35.1 Å².